The molecule has 5 rings (SSSR count). The van der Waals surface area contributed by atoms with Crippen molar-refractivity contribution in [3.8, 4) is 0 Å². The van der Waals surface area contributed by atoms with Crippen molar-refractivity contribution in [1.29, 1.82) is 0 Å². The summed E-state index contributed by atoms with van der Waals surface area (Å²) in [5.41, 5.74) is 2.74. The molecule has 1 aliphatic rings. The molecule has 1 aromatic heterocycles. The summed E-state index contributed by atoms with van der Waals surface area (Å²) >= 11 is 0. The zero-order valence-electron chi connectivity index (χ0n) is 18.4. The summed E-state index contributed by atoms with van der Waals surface area (Å²) in [6, 6.07) is 17.6. The maximum atomic E-state index is 14.7. The first-order valence-electron chi connectivity index (χ1n) is 10.6. The lowest BCUT2D eigenvalue weighted by Gasteiger charge is -2.20. The number of aryl methyl sites for hydroxylation is 1. The van der Waals surface area contributed by atoms with E-state index in [1.165, 1.54) is 23.1 Å². The molecular formula is C26H20F2N4O2. The van der Waals surface area contributed by atoms with Crippen LogP contribution in [0.5, 0.6) is 0 Å². The third-order valence-electron chi connectivity index (χ3n) is 5.99. The van der Waals surface area contributed by atoms with Crippen LogP contribution in [0.15, 0.2) is 71.7 Å². The van der Waals surface area contributed by atoms with Crippen LogP contribution >= 0.6 is 0 Å². The third-order valence-corrected chi connectivity index (χ3v) is 5.99. The van der Waals surface area contributed by atoms with E-state index in [0.717, 1.165) is 0 Å². The predicted molar refractivity (Wildman–Crippen MR) is 126 cm³/mol. The van der Waals surface area contributed by atoms with Gasteiger partial charge in [-0.3, -0.25) is 9.59 Å². The second kappa shape index (κ2) is 8.22. The molecule has 0 saturated heterocycles. The maximum absolute atomic E-state index is 14.7. The first-order chi connectivity index (χ1) is 16.3. The Labute approximate surface area is 193 Å². The van der Waals surface area contributed by atoms with Crippen molar-refractivity contribution in [1.82, 2.24) is 10.3 Å². The number of anilines is 1. The number of aliphatic imine (C=N–C) groups is 1. The molecule has 1 unspecified atom stereocenters. The zero-order chi connectivity index (χ0) is 24.0. The predicted octanol–water partition coefficient (Wildman–Crippen LogP) is 4.32. The smallest absolute Gasteiger partial charge is 0.272 e. The normalized spacial score (nSPS) is 15.6. The minimum Gasteiger partial charge on any atom is -0.351 e. The van der Waals surface area contributed by atoms with Crippen molar-refractivity contribution in [2.75, 3.05) is 11.9 Å². The van der Waals surface area contributed by atoms with Gasteiger partial charge in [-0.1, -0.05) is 30.3 Å². The van der Waals surface area contributed by atoms with E-state index in [1.54, 1.807) is 62.5 Å². The van der Waals surface area contributed by atoms with Crippen LogP contribution in [0.1, 0.15) is 27.2 Å². The molecule has 0 saturated carbocycles. The fourth-order valence-electron chi connectivity index (χ4n) is 4.13. The number of hydrogen-bond acceptors (Lipinski definition) is 3. The first kappa shape index (κ1) is 21.5. The van der Waals surface area contributed by atoms with Gasteiger partial charge in [0.05, 0.1) is 11.4 Å². The minimum atomic E-state index is -1.30. The lowest BCUT2D eigenvalue weighted by Crippen LogP contribution is -2.46. The lowest BCUT2D eigenvalue weighted by atomic mass is 10.00. The highest BCUT2D eigenvalue weighted by Gasteiger charge is 2.32. The Hall–Kier alpha value is -4.33. The Bertz CT molecular complexity index is 1490. The van der Waals surface area contributed by atoms with E-state index in [2.05, 4.69) is 15.3 Å². The molecule has 34 heavy (non-hydrogen) atoms. The van der Waals surface area contributed by atoms with Crippen LogP contribution in [0.2, 0.25) is 0 Å². The Kier molecular flexibility index (Phi) is 5.20. The number of hydrogen-bond donors (Lipinski definition) is 2. The van der Waals surface area contributed by atoms with Crippen molar-refractivity contribution in [2.45, 2.75) is 13.1 Å². The van der Waals surface area contributed by atoms with Crippen molar-refractivity contribution in [3.63, 3.8) is 0 Å². The van der Waals surface area contributed by atoms with E-state index in [9.17, 15) is 18.4 Å². The highest BCUT2D eigenvalue weighted by Crippen LogP contribution is 2.28. The Morgan fingerprint density at radius 1 is 1.00 bits per heavy atom. The van der Waals surface area contributed by atoms with Gasteiger partial charge in [-0.05, 0) is 48.9 Å². The molecular weight excluding hydrogens is 438 g/mol. The summed E-state index contributed by atoms with van der Waals surface area (Å²) in [6.45, 7) is 1.62. The number of fused-ring (bicyclic) bond motifs is 2. The van der Waals surface area contributed by atoms with E-state index in [1.807, 2.05) is 0 Å². The summed E-state index contributed by atoms with van der Waals surface area (Å²) in [5.74, 6) is -1.95. The highest BCUT2D eigenvalue weighted by atomic mass is 19.1. The number of rotatable bonds is 3. The molecule has 0 spiro atoms. The molecule has 4 aromatic rings. The monoisotopic (exact) mass is 458 g/mol. The van der Waals surface area contributed by atoms with Gasteiger partial charge in [-0.2, -0.15) is 0 Å². The second-order valence-electron chi connectivity index (χ2n) is 8.06. The van der Waals surface area contributed by atoms with Gasteiger partial charge in [-0.15, -0.1) is 0 Å². The van der Waals surface area contributed by atoms with Gasteiger partial charge in [0.25, 0.3) is 11.8 Å². The molecule has 0 bridgehead atoms. The van der Waals surface area contributed by atoms with Crippen LogP contribution in [-0.2, 0) is 4.79 Å². The summed E-state index contributed by atoms with van der Waals surface area (Å²) < 4.78 is 28.7. The van der Waals surface area contributed by atoms with Gasteiger partial charge in [0.15, 0.2) is 0 Å². The maximum Gasteiger partial charge on any atom is 0.272 e. The van der Waals surface area contributed by atoms with E-state index in [4.69, 9.17) is 0 Å². The van der Waals surface area contributed by atoms with Crippen LogP contribution in [0.25, 0.3) is 10.9 Å². The number of carbonyl (C=O) groups excluding carboxylic acids is 2. The summed E-state index contributed by atoms with van der Waals surface area (Å²) in [6.07, 6.45) is -1.30. The van der Waals surface area contributed by atoms with Gasteiger partial charge in [0.2, 0.25) is 6.17 Å². The van der Waals surface area contributed by atoms with E-state index in [-0.39, 0.29) is 22.8 Å². The summed E-state index contributed by atoms with van der Waals surface area (Å²) in [7, 11) is 1.58. The fourth-order valence-corrected chi connectivity index (χ4v) is 4.13. The minimum absolute atomic E-state index is 0.156. The van der Waals surface area contributed by atoms with Crippen molar-refractivity contribution >= 4 is 34.1 Å². The molecule has 0 aliphatic carbocycles. The van der Waals surface area contributed by atoms with Gasteiger partial charge >= 0.3 is 0 Å². The molecule has 2 N–H and O–H groups in total. The van der Waals surface area contributed by atoms with Crippen LogP contribution in [0.4, 0.5) is 14.5 Å². The first-order valence-corrected chi connectivity index (χ1v) is 10.6. The van der Waals surface area contributed by atoms with Crippen LogP contribution in [0, 0.1) is 18.6 Å². The van der Waals surface area contributed by atoms with Gasteiger partial charge in [0.1, 0.15) is 17.3 Å². The average molecular weight is 458 g/mol. The molecule has 3 aromatic carbocycles. The number of nitrogens with one attached hydrogen (secondary N) is 2. The summed E-state index contributed by atoms with van der Waals surface area (Å²) in [4.78, 5) is 35.2. The number of aromatic amines is 1. The number of carbonyl (C=O) groups is 2. The molecule has 8 heteroatoms. The highest BCUT2D eigenvalue weighted by molar-refractivity contribution is 6.20. The number of halogens is 2. The number of benzodiazepines with no additional fused rings is 1. The number of para-hydroxylation sites is 1. The third kappa shape index (κ3) is 3.53. The fraction of sp³-hybridized carbons (Fsp3) is 0.115. The zero-order valence-corrected chi connectivity index (χ0v) is 18.4. The van der Waals surface area contributed by atoms with Gasteiger partial charge < -0.3 is 15.2 Å². The SMILES string of the molecule is Cc1c(F)ccc2[nH]c(C(=O)NC3N=C(c4ccccc4F)c4ccccc4N(C)C3=O)cc12. The number of likely N-dealkylation sites (N-methyl/N-ethyl adjacent to an activating group) is 1. The Balaban J connectivity index is 1.58. The van der Waals surface area contributed by atoms with Gasteiger partial charge in [0, 0.05) is 29.1 Å². The van der Waals surface area contributed by atoms with E-state index < -0.39 is 23.8 Å². The van der Waals surface area contributed by atoms with Crippen LogP contribution in [0.3, 0.4) is 0 Å². The number of nitrogens with zero attached hydrogens (tertiary/aromatic N) is 2. The van der Waals surface area contributed by atoms with Crippen molar-refractivity contribution in [2.24, 2.45) is 4.99 Å². The number of benzene rings is 3. The summed E-state index contributed by atoms with van der Waals surface area (Å²) in [5, 5.41) is 3.21. The van der Waals surface area contributed by atoms with Crippen LogP contribution in [-0.4, -0.2) is 35.7 Å². The molecule has 6 nitrogen and oxygen atoms in total. The Morgan fingerprint density at radius 2 is 1.71 bits per heavy atom. The molecule has 2 amide bonds. The molecule has 170 valence electrons. The van der Waals surface area contributed by atoms with Crippen molar-refractivity contribution in [3.05, 3.63) is 101 Å². The molecule has 1 aliphatic heterocycles. The lowest BCUT2D eigenvalue weighted by molar-refractivity contribution is -0.119. The van der Waals surface area contributed by atoms with Crippen LogP contribution < -0.4 is 10.2 Å². The van der Waals surface area contributed by atoms with E-state index >= 15 is 0 Å². The number of amides is 2. The van der Waals surface area contributed by atoms with Crippen molar-refractivity contribution < 1.29 is 18.4 Å². The molecule has 1 atom stereocenters. The molecule has 0 radical (unpaired) electrons. The van der Waals surface area contributed by atoms with E-state index in [0.29, 0.717) is 27.7 Å². The molecule has 0 fully saturated rings. The number of aromatic nitrogens is 1. The largest absolute Gasteiger partial charge is 0.351 e. The number of H-pyrrole nitrogens is 1. The quantitative estimate of drug-likeness (QED) is 0.480. The standard InChI is InChI=1S/C26H20F2N4O2/c1-14-17-13-21(29-20(17)12-11-18(14)27)25(33)31-24-26(34)32(2)22-10-6-4-8-16(22)23(30-24)15-7-3-5-9-19(15)28/h3-13,24,29H,1-2H3,(H,31,33). The molecule has 2 heterocycles. The average Bonchev–Trinajstić information content (AvgIpc) is 3.25. The topological polar surface area (TPSA) is 77.6 Å². The van der Waals surface area contributed by atoms with Gasteiger partial charge in [-0.25, -0.2) is 13.8 Å². The second-order valence-corrected chi connectivity index (χ2v) is 8.06. The Morgan fingerprint density at radius 3 is 2.47 bits per heavy atom.